The number of hydrogen-bond acceptors (Lipinski definition) is 6. The predicted molar refractivity (Wildman–Crippen MR) is 88.1 cm³/mol. The lowest BCUT2D eigenvalue weighted by molar-refractivity contribution is 0.834. The van der Waals surface area contributed by atoms with Crippen molar-refractivity contribution in [2.24, 2.45) is 0 Å². The van der Waals surface area contributed by atoms with E-state index < -0.39 is 0 Å². The molecule has 0 bridgehead atoms. The Bertz CT molecular complexity index is 990. The van der Waals surface area contributed by atoms with Gasteiger partial charge in [-0.25, -0.2) is 19.5 Å². The summed E-state index contributed by atoms with van der Waals surface area (Å²) in [7, 11) is 0. The lowest BCUT2D eigenvalue weighted by atomic mass is 10.1. The van der Waals surface area contributed by atoms with Gasteiger partial charge in [0.15, 0.2) is 5.65 Å². The number of fused-ring (bicyclic) bond motifs is 2. The first-order chi connectivity index (χ1) is 11.2. The number of nitrogens with zero attached hydrogens (tertiary/aromatic N) is 6. The van der Waals surface area contributed by atoms with Crippen LogP contribution in [0.5, 0.6) is 0 Å². The van der Waals surface area contributed by atoms with Crippen molar-refractivity contribution in [1.82, 2.24) is 29.5 Å². The van der Waals surface area contributed by atoms with Gasteiger partial charge in [-0.3, -0.25) is 4.98 Å². The summed E-state index contributed by atoms with van der Waals surface area (Å²) in [5, 5.41) is 7.67. The van der Waals surface area contributed by atoms with E-state index >= 15 is 0 Å². The average molecular weight is 305 g/mol. The molecule has 0 aliphatic carbocycles. The van der Waals surface area contributed by atoms with Crippen LogP contribution in [0.2, 0.25) is 0 Å². The van der Waals surface area contributed by atoms with E-state index in [4.69, 9.17) is 0 Å². The lowest BCUT2D eigenvalue weighted by Gasteiger charge is -2.08. The van der Waals surface area contributed by atoms with Crippen LogP contribution in [0, 0.1) is 0 Å². The van der Waals surface area contributed by atoms with Crippen molar-refractivity contribution in [3.8, 4) is 11.1 Å². The molecule has 0 saturated heterocycles. The molecule has 23 heavy (non-hydrogen) atoms. The van der Waals surface area contributed by atoms with E-state index in [0.717, 1.165) is 22.2 Å². The maximum absolute atomic E-state index is 4.47. The first kappa shape index (κ1) is 13.6. The molecule has 0 spiro atoms. The number of anilines is 1. The summed E-state index contributed by atoms with van der Waals surface area (Å²) in [6.45, 7) is 4.10. The van der Waals surface area contributed by atoms with Crippen LogP contribution < -0.4 is 5.32 Å². The van der Waals surface area contributed by atoms with E-state index in [1.165, 1.54) is 0 Å². The Morgan fingerprint density at radius 1 is 1.04 bits per heavy atom. The van der Waals surface area contributed by atoms with Crippen LogP contribution in [0.15, 0.2) is 43.1 Å². The lowest BCUT2D eigenvalue weighted by Crippen LogP contribution is -2.13. The minimum atomic E-state index is 0.283. The van der Waals surface area contributed by atoms with Crippen molar-refractivity contribution in [3.63, 3.8) is 0 Å². The van der Waals surface area contributed by atoms with Crippen LogP contribution in [0.1, 0.15) is 13.8 Å². The maximum atomic E-state index is 4.47. The molecule has 0 aliphatic rings. The second kappa shape index (κ2) is 5.28. The Morgan fingerprint density at radius 3 is 2.78 bits per heavy atom. The smallest absolute Gasteiger partial charge is 0.241 e. The van der Waals surface area contributed by atoms with Crippen molar-refractivity contribution >= 4 is 22.6 Å². The largest absolute Gasteiger partial charge is 0.351 e. The van der Waals surface area contributed by atoms with E-state index in [1.807, 2.05) is 29.0 Å². The molecular formula is C16H15N7. The summed E-state index contributed by atoms with van der Waals surface area (Å²) >= 11 is 0. The number of hydrogen-bond donors (Lipinski definition) is 1. The third-order valence-electron chi connectivity index (χ3n) is 3.47. The minimum Gasteiger partial charge on any atom is -0.351 e. The van der Waals surface area contributed by atoms with Gasteiger partial charge >= 0.3 is 0 Å². The summed E-state index contributed by atoms with van der Waals surface area (Å²) in [6, 6.07) is 4.26. The van der Waals surface area contributed by atoms with E-state index in [9.17, 15) is 0 Å². The van der Waals surface area contributed by atoms with Crippen LogP contribution >= 0.6 is 0 Å². The van der Waals surface area contributed by atoms with Crippen molar-refractivity contribution in [2.75, 3.05) is 5.32 Å². The van der Waals surface area contributed by atoms with E-state index in [1.54, 1.807) is 18.6 Å². The fraction of sp³-hybridized carbons (Fsp3) is 0.188. The summed E-state index contributed by atoms with van der Waals surface area (Å²) in [4.78, 5) is 17.2. The van der Waals surface area contributed by atoms with Gasteiger partial charge in [0.25, 0.3) is 0 Å². The Labute approximate surface area is 132 Å². The Balaban J connectivity index is 1.81. The molecule has 0 aromatic carbocycles. The second-order valence-electron chi connectivity index (χ2n) is 5.56. The number of rotatable bonds is 3. The molecule has 7 heteroatoms. The van der Waals surface area contributed by atoms with Crippen LogP contribution in [0.3, 0.4) is 0 Å². The quantitative estimate of drug-likeness (QED) is 0.626. The number of nitrogens with one attached hydrogen (secondary N) is 1. The maximum Gasteiger partial charge on any atom is 0.241 e. The van der Waals surface area contributed by atoms with Gasteiger partial charge in [-0.05, 0) is 26.0 Å². The van der Waals surface area contributed by atoms with Crippen molar-refractivity contribution < 1.29 is 0 Å². The molecule has 4 rings (SSSR count). The Kier molecular flexibility index (Phi) is 3.11. The molecule has 0 fully saturated rings. The molecule has 4 heterocycles. The third-order valence-corrected chi connectivity index (χ3v) is 3.47. The molecule has 0 atom stereocenters. The van der Waals surface area contributed by atoms with E-state index in [-0.39, 0.29) is 6.04 Å². The normalized spacial score (nSPS) is 11.4. The molecule has 0 amide bonds. The highest BCUT2D eigenvalue weighted by atomic mass is 15.3. The first-order valence-electron chi connectivity index (χ1n) is 7.39. The van der Waals surface area contributed by atoms with Gasteiger partial charge in [0.1, 0.15) is 5.52 Å². The van der Waals surface area contributed by atoms with Crippen LogP contribution in [0.4, 0.5) is 5.95 Å². The van der Waals surface area contributed by atoms with Gasteiger partial charge in [-0.15, -0.1) is 5.10 Å². The molecule has 1 N–H and O–H groups in total. The van der Waals surface area contributed by atoms with Crippen LogP contribution in [-0.4, -0.2) is 35.6 Å². The highest BCUT2D eigenvalue weighted by molar-refractivity contribution is 5.84. The van der Waals surface area contributed by atoms with E-state index in [2.05, 4.69) is 44.2 Å². The van der Waals surface area contributed by atoms with Crippen molar-refractivity contribution in [3.05, 3.63) is 43.1 Å². The highest BCUT2D eigenvalue weighted by Crippen LogP contribution is 2.26. The molecule has 114 valence electrons. The fourth-order valence-corrected chi connectivity index (χ4v) is 2.47. The second-order valence-corrected chi connectivity index (χ2v) is 5.56. The summed E-state index contributed by atoms with van der Waals surface area (Å²) < 4.78 is 1.81. The van der Waals surface area contributed by atoms with Gasteiger partial charge in [0, 0.05) is 42.0 Å². The number of pyridine rings is 1. The van der Waals surface area contributed by atoms with Gasteiger partial charge < -0.3 is 5.32 Å². The molecule has 0 radical (unpaired) electrons. The monoisotopic (exact) mass is 305 g/mol. The third kappa shape index (κ3) is 2.46. The summed E-state index contributed by atoms with van der Waals surface area (Å²) in [5.74, 6) is 0.608. The number of aromatic nitrogens is 6. The Morgan fingerprint density at radius 2 is 1.91 bits per heavy atom. The SMILES string of the molecule is CC(C)Nc1ncc2c(-c3cnc4nccnc4c3)ccn2n1. The van der Waals surface area contributed by atoms with Gasteiger partial charge in [-0.2, -0.15) is 0 Å². The van der Waals surface area contributed by atoms with Crippen molar-refractivity contribution in [1.29, 1.82) is 0 Å². The first-order valence-corrected chi connectivity index (χ1v) is 7.39. The highest BCUT2D eigenvalue weighted by Gasteiger charge is 2.10. The van der Waals surface area contributed by atoms with Crippen molar-refractivity contribution in [2.45, 2.75) is 19.9 Å². The Hall–Kier alpha value is -3.09. The van der Waals surface area contributed by atoms with E-state index in [0.29, 0.717) is 11.6 Å². The average Bonchev–Trinajstić information content (AvgIpc) is 2.97. The van der Waals surface area contributed by atoms with Gasteiger partial charge in [-0.1, -0.05) is 0 Å². The summed E-state index contributed by atoms with van der Waals surface area (Å²) in [5.41, 5.74) is 4.31. The molecule has 4 aromatic rings. The van der Waals surface area contributed by atoms with Crippen LogP contribution in [-0.2, 0) is 0 Å². The zero-order valence-electron chi connectivity index (χ0n) is 12.8. The van der Waals surface area contributed by atoms with Crippen LogP contribution in [0.25, 0.3) is 27.8 Å². The zero-order chi connectivity index (χ0) is 15.8. The topological polar surface area (TPSA) is 80.9 Å². The molecule has 0 saturated carbocycles. The van der Waals surface area contributed by atoms with Gasteiger partial charge in [0.05, 0.1) is 11.7 Å². The standard InChI is InChI=1S/C16H15N7/c1-10(2)21-16-20-9-14-12(3-6-23(14)22-16)11-7-13-15(19-8-11)18-5-4-17-13/h3-10H,1-2H3,(H,21,22). The molecule has 0 aliphatic heterocycles. The molecule has 7 nitrogen and oxygen atoms in total. The molecular weight excluding hydrogens is 290 g/mol. The zero-order valence-corrected chi connectivity index (χ0v) is 12.8. The minimum absolute atomic E-state index is 0.283. The molecule has 0 unspecified atom stereocenters. The predicted octanol–water partition coefficient (Wildman–Crippen LogP) is 2.55. The molecule has 4 aromatic heterocycles. The van der Waals surface area contributed by atoms with Gasteiger partial charge in [0.2, 0.25) is 5.95 Å². The fourth-order valence-electron chi connectivity index (χ4n) is 2.47. The summed E-state index contributed by atoms with van der Waals surface area (Å²) in [6.07, 6.45) is 8.83.